The van der Waals surface area contributed by atoms with E-state index in [1.165, 1.54) is 18.2 Å². The fourth-order valence-corrected chi connectivity index (χ4v) is 4.21. The number of hydrogen-bond acceptors (Lipinski definition) is 5. The molecule has 2 aromatic carbocycles. The standard InChI is InChI=1S/C26H30F3N3O4S/c1-25(2,3)36-24(35)30-12-11-21(33)32(18-8-6-7-16(27)13-18)22(19-9-4-5-10-20(19)37)23(34)31-17-14-26(28,29)15-17/h4-10,13,17,22,37H,11-12,14-15H2,1-3H3,(H,30,35)(H,31,34). The van der Waals surface area contributed by atoms with Crippen molar-refractivity contribution in [2.24, 2.45) is 0 Å². The summed E-state index contributed by atoms with van der Waals surface area (Å²) in [6.07, 6.45) is -2.00. The number of thiol groups is 1. The van der Waals surface area contributed by atoms with Gasteiger partial charge in [0.15, 0.2) is 0 Å². The minimum absolute atomic E-state index is 0.0814. The van der Waals surface area contributed by atoms with Crippen molar-refractivity contribution in [2.75, 3.05) is 11.4 Å². The molecular weight excluding hydrogens is 507 g/mol. The van der Waals surface area contributed by atoms with Crippen LogP contribution in [0.3, 0.4) is 0 Å². The zero-order valence-electron chi connectivity index (χ0n) is 20.8. The van der Waals surface area contributed by atoms with Gasteiger partial charge in [-0.3, -0.25) is 14.5 Å². The highest BCUT2D eigenvalue weighted by molar-refractivity contribution is 7.80. The van der Waals surface area contributed by atoms with Gasteiger partial charge in [0, 0.05) is 42.4 Å². The predicted octanol–water partition coefficient (Wildman–Crippen LogP) is 5.02. The molecule has 0 radical (unpaired) electrons. The first-order valence-electron chi connectivity index (χ1n) is 11.8. The Hall–Kier alpha value is -3.21. The molecule has 0 heterocycles. The van der Waals surface area contributed by atoms with Crippen LogP contribution in [-0.2, 0) is 14.3 Å². The monoisotopic (exact) mass is 537 g/mol. The summed E-state index contributed by atoms with van der Waals surface area (Å²) < 4.78 is 46.2. The van der Waals surface area contributed by atoms with Crippen molar-refractivity contribution in [1.29, 1.82) is 0 Å². The van der Waals surface area contributed by atoms with Crippen molar-refractivity contribution in [3.05, 3.63) is 59.9 Å². The molecule has 11 heteroatoms. The molecule has 3 rings (SSSR count). The molecule has 37 heavy (non-hydrogen) atoms. The maximum Gasteiger partial charge on any atom is 0.407 e. The molecule has 7 nitrogen and oxygen atoms in total. The Labute approximate surface area is 219 Å². The van der Waals surface area contributed by atoms with E-state index in [0.29, 0.717) is 10.5 Å². The van der Waals surface area contributed by atoms with Gasteiger partial charge in [0.05, 0.1) is 0 Å². The van der Waals surface area contributed by atoms with E-state index < -0.39 is 60.2 Å². The SMILES string of the molecule is CC(C)(C)OC(=O)NCCC(=O)N(c1cccc(F)c1)C(C(=O)NC1CC(F)(F)C1)c1ccccc1S. The molecule has 0 bridgehead atoms. The van der Waals surface area contributed by atoms with Gasteiger partial charge < -0.3 is 15.4 Å². The predicted molar refractivity (Wildman–Crippen MR) is 135 cm³/mol. The Bertz CT molecular complexity index is 1150. The number of benzene rings is 2. The quantitative estimate of drug-likeness (QED) is 0.413. The average molecular weight is 538 g/mol. The second-order valence-corrected chi connectivity index (χ2v) is 10.3. The molecule has 2 N–H and O–H groups in total. The van der Waals surface area contributed by atoms with Crippen LogP contribution in [-0.4, -0.2) is 42.0 Å². The van der Waals surface area contributed by atoms with Crippen LogP contribution in [0.2, 0.25) is 0 Å². The van der Waals surface area contributed by atoms with E-state index >= 15 is 0 Å². The number of nitrogens with one attached hydrogen (secondary N) is 2. The van der Waals surface area contributed by atoms with E-state index in [1.54, 1.807) is 45.0 Å². The van der Waals surface area contributed by atoms with Crippen LogP contribution in [0.4, 0.5) is 23.7 Å². The van der Waals surface area contributed by atoms with E-state index in [-0.39, 0.29) is 18.7 Å². The summed E-state index contributed by atoms with van der Waals surface area (Å²) in [4.78, 5) is 40.5. The molecule has 0 aromatic heterocycles. The third kappa shape index (κ3) is 7.88. The molecule has 1 unspecified atom stereocenters. The van der Waals surface area contributed by atoms with E-state index in [2.05, 4.69) is 23.3 Å². The van der Waals surface area contributed by atoms with E-state index in [4.69, 9.17) is 4.74 Å². The van der Waals surface area contributed by atoms with Gasteiger partial charge in [-0.15, -0.1) is 12.6 Å². The first-order chi connectivity index (χ1) is 17.3. The first-order valence-corrected chi connectivity index (χ1v) is 12.2. The molecule has 0 saturated heterocycles. The lowest BCUT2D eigenvalue weighted by atomic mass is 9.87. The Balaban J connectivity index is 1.92. The maximum atomic E-state index is 14.2. The molecule has 1 aliphatic rings. The molecule has 200 valence electrons. The molecule has 0 spiro atoms. The summed E-state index contributed by atoms with van der Waals surface area (Å²) in [6.45, 7) is 4.96. The van der Waals surface area contributed by atoms with Gasteiger partial charge in [-0.05, 0) is 50.6 Å². The Morgan fingerprint density at radius 1 is 1.14 bits per heavy atom. The molecule has 1 fully saturated rings. The van der Waals surface area contributed by atoms with Gasteiger partial charge in [-0.2, -0.15) is 0 Å². The zero-order chi connectivity index (χ0) is 27.4. The number of carbonyl (C=O) groups is 3. The van der Waals surface area contributed by atoms with Crippen LogP contribution in [0.1, 0.15) is 51.6 Å². The average Bonchev–Trinajstić information content (AvgIpc) is 2.75. The molecule has 2 aromatic rings. The third-order valence-electron chi connectivity index (χ3n) is 5.54. The van der Waals surface area contributed by atoms with Gasteiger partial charge in [0.25, 0.3) is 5.92 Å². The molecule has 1 atom stereocenters. The summed E-state index contributed by atoms with van der Waals surface area (Å²) in [5, 5.41) is 5.07. The van der Waals surface area contributed by atoms with Crippen LogP contribution in [0.15, 0.2) is 53.4 Å². The van der Waals surface area contributed by atoms with Gasteiger partial charge in [-0.1, -0.05) is 24.3 Å². The highest BCUT2D eigenvalue weighted by Gasteiger charge is 2.47. The van der Waals surface area contributed by atoms with Crippen LogP contribution in [0, 0.1) is 5.82 Å². The summed E-state index contributed by atoms with van der Waals surface area (Å²) in [5.41, 5.74) is -0.329. The van der Waals surface area contributed by atoms with Gasteiger partial charge in [0.1, 0.15) is 17.5 Å². The van der Waals surface area contributed by atoms with Gasteiger partial charge in [0.2, 0.25) is 11.8 Å². The maximum absolute atomic E-state index is 14.2. The van der Waals surface area contributed by atoms with Crippen LogP contribution in [0.5, 0.6) is 0 Å². The van der Waals surface area contributed by atoms with Crippen LogP contribution in [0.25, 0.3) is 0 Å². The van der Waals surface area contributed by atoms with Crippen molar-refractivity contribution in [3.8, 4) is 0 Å². The summed E-state index contributed by atoms with van der Waals surface area (Å²) in [6, 6.07) is 9.56. The van der Waals surface area contributed by atoms with Gasteiger partial charge in [-0.25, -0.2) is 18.0 Å². The zero-order valence-corrected chi connectivity index (χ0v) is 21.7. The number of ether oxygens (including phenoxy) is 1. The molecule has 0 aliphatic heterocycles. The molecule has 3 amide bonds. The highest BCUT2D eigenvalue weighted by Crippen LogP contribution is 2.38. The lowest BCUT2D eigenvalue weighted by Crippen LogP contribution is -2.54. The Morgan fingerprint density at radius 2 is 1.81 bits per heavy atom. The smallest absolute Gasteiger partial charge is 0.407 e. The lowest BCUT2D eigenvalue weighted by molar-refractivity contribution is -0.132. The lowest BCUT2D eigenvalue weighted by Gasteiger charge is -2.38. The van der Waals surface area contributed by atoms with E-state index in [9.17, 15) is 27.6 Å². The molecular formula is C26H30F3N3O4S. The number of hydrogen-bond donors (Lipinski definition) is 3. The fourth-order valence-electron chi connectivity index (χ4n) is 3.93. The second kappa shape index (κ2) is 11.5. The minimum atomic E-state index is -2.86. The van der Waals surface area contributed by atoms with E-state index in [0.717, 1.165) is 11.0 Å². The second-order valence-electron chi connectivity index (χ2n) is 9.85. The van der Waals surface area contributed by atoms with Crippen molar-refractivity contribution in [1.82, 2.24) is 10.6 Å². The van der Waals surface area contributed by atoms with Crippen LogP contribution < -0.4 is 15.5 Å². The van der Waals surface area contributed by atoms with Crippen molar-refractivity contribution >= 4 is 36.2 Å². The van der Waals surface area contributed by atoms with Crippen molar-refractivity contribution in [3.63, 3.8) is 0 Å². The fraction of sp³-hybridized carbons (Fsp3) is 0.423. The number of amides is 3. The van der Waals surface area contributed by atoms with Crippen LogP contribution >= 0.6 is 12.6 Å². The number of carbonyl (C=O) groups excluding carboxylic acids is 3. The third-order valence-corrected chi connectivity index (χ3v) is 5.94. The summed E-state index contributed by atoms with van der Waals surface area (Å²) in [5.74, 6) is -4.82. The summed E-state index contributed by atoms with van der Waals surface area (Å²) >= 11 is 4.43. The number of alkyl carbamates (subject to hydrolysis) is 1. The number of rotatable bonds is 8. The Morgan fingerprint density at radius 3 is 2.41 bits per heavy atom. The first kappa shape index (κ1) is 28.4. The molecule has 1 saturated carbocycles. The van der Waals surface area contributed by atoms with Crippen molar-refractivity contribution in [2.45, 2.75) is 68.5 Å². The number of nitrogens with zero attached hydrogens (tertiary/aromatic N) is 1. The normalized spacial score (nSPS) is 15.8. The highest BCUT2D eigenvalue weighted by atomic mass is 32.1. The molecule has 1 aliphatic carbocycles. The largest absolute Gasteiger partial charge is 0.444 e. The number of anilines is 1. The minimum Gasteiger partial charge on any atom is -0.444 e. The summed E-state index contributed by atoms with van der Waals surface area (Å²) in [7, 11) is 0. The topological polar surface area (TPSA) is 87.7 Å². The van der Waals surface area contributed by atoms with Gasteiger partial charge >= 0.3 is 6.09 Å². The number of halogens is 3. The van der Waals surface area contributed by atoms with Crippen molar-refractivity contribution < 1.29 is 32.3 Å². The van der Waals surface area contributed by atoms with E-state index in [1.807, 2.05) is 0 Å². The Kier molecular flexibility index (Phi) is 8.78. The number of alkyl halides is 2.